The summed E-state index contributed by atoms with van der Waals surface area (Å²) in [5.41, 5.74) is -5.34. The second-order valence-electron chi connectivity index (χ2n) is 29.2. The highest BCUT2D eigenvalue weighted by Gasteiger charge is 2.68. The highest BCUT2D eigenvalue weighted by molar-refractivity contribution is 6.02. The minimum absolute atomic E-state index is 0.0196. The first kappa shape index (κ1) is 69.1. The molecule has 6 aliphatic carbocycles. The number of aliphatic hydroxyl groups is 2. The SMILES string of the molecule is COc1c(N2CCN(Cc3oc(=O)oc3C)C(C)C2)c(F)cc2c(=O)c(C(=O)OCC(COC(=O)c3cn(C4CC4)c4c(OC)c(N5CCN(Cc6oc(=O)oc6C)C(C)C5)c(F)cc4c3=O)C(=O)OCC(=O)[C@@]3(O)CC[C@H]4[C@@H]5CCC6=CC(=O)C=C[C@]6(C)[C@H]5[C@@H](O)C[C@@]43C)cn(C3CC3)c12. The minimum atomic E-state index is -2.10. The molecule has 2 N–H and O–H groups in total. The number of ketones is 2. The first-order chi connectivity index (χ1) is 48.1. The number of ether oxygens (including phenoxy) is 5. The number of aliphatic hydroxyl groups excluding tert-OH is 1. The zero-order valence-electron chi connectivity index (χ0n) is 57.6. The van der Waals surface area contributed by atoms with Gasteiger partial charge in [-0.2, -0.15) is 0 Å². The van der Waals surface area contributed by atoms with Crippen LogP contribution in [0.25, 0.3) is 21.8 Å². The van der Waals surface area contributed by atoms with E-state index >= 15 is 8.78 Å². The number of anilines is 2. The maximum Gasteiger partial charge on any atom is 0.519 e. The number of benzene rings is 2. The van der Waals surface area contributed by atoms with Crippen molar-refractivity contribution in [3.05, 3.63) is 136 Å². The quantitative estimate of drug-likeness (QED) is 0.0565. The van der Waals surface area contributed by atoms with Gasteiger partial charge in [-0.3, -0.25) is 33.8 Å². The number of esters is 3. The van der Waals surface area contributed by atoms with E-state index in [1.54, 1.807) is 45.8 Å². The lowest BCUT2D eigenvalue weighted by Crippen LogP contribution is -2.61. The predicted octanol–water partition coefficient (Wildman–Crippen LogP) is 7.16. The Hall–Kier alpha value is -8.99. The average molecular weight is 1400 g/mol. The Morgan fingerprint density at radius 1 is 0.683 bits per heavy atom. The van der Waals surface area contributed by atoms with Gasteiger partial charge in [0, 0.05) is 92.6 Å². The summed E-state index contributed by atoms with van der Waals surface area (Å²) in [5, 5.41) is 24.3. The molecule has 2 aromatic carbocycles. The van der Waals surface area contributed by atoms with Crippen molar-refractivity contribution in [3.8, 4) is 11.5 Å². The number of Topliss-reactive ketones (excluding diaryl/α,β-unsaturated/α-hetero) is 1. The van der Waals surface area contributed by atoms with Gasteiger partial charge in [0.15, 0.2) is 47.0 Å². The summed E-state index contributed by atoms with van der Waals surface area (Å²) in [5.74, 6) is -8.95. The normalized spacial score (nSPS) is 27.0. The van der Waals surface area contributed by atoms with Crippen LogP contribution in [0.5, 0.6) is 11.5 Å². The van der Waals surface area contributed by atoms with Crippen LogP contribution in [0.4, 0.5) is 20.2 Å². The van der Waals surface area contributed by atoms with E-state index in [0.717, 1.165) is 17.7 Å². The summed E-state index contributed by atoms with van der Waals surface area (Å²) in [7, 11) is 2.71. The highest BCUT2D eigenvalue weighted by Crippen LogP contribution is 2.67. The minimum Gasteiger partial charge on any atom is -0.492 e. The summed E-state index contributed by atoms with van der Waals surface area (Å²) in [6, 6.07) is 1.17. The lowest BCUT2D eigenvalue weighted by atomic mass is 9.46. The number of rotatable bonds is 20. The molecule has 6 heterocycles. The highest BCUT2D eigenvalue weighted by atomic mass is 19.1. The van der Waals surface area contributed by atoms with Gasteiger partial charge in [0.25, 0.3) is 0 Å². The molecule has 2 unspecified atom stereocenters. The molecule has 8 aliphatic rings. The van der Waals surface area contributed by atoms with E-state index in [4.69, 9.17) is 41.4 Å². The van der Waals surface area contributed by atoms with Crippen molar-refractivity contribution in [3.63, 3.8) is 0 Å². The van der Waals surface area contributed by atoms with E-state index in [2.05, 4.69) is 9.80 Å². The molecular weight excluding hydrogens is 1320 g/mol. The molecule has 28 heteroatoms. The van der Waals surface area contributed by atoms with Gasteiger partial charge in [-0.25, -0.2) is 28.0 Å². The maximum atomic E-state index is 16.9. The van der Waals surface area contributed by atoms with Crippen molar-refractivity contribution in [2.75, 3.05) is 83.1 Å². The fourth-order valence-corrected chi connectivity index (χ4v) is 17.6. The molecular formula is C73H82F2N6O20. The lowest BCUT2D eigenvalue weighted by molar-refractivity contribution is -0.182. The maximum absolute atomic E-state index is 16.9. The Kier molecular flexibility index (Phi) is 17.9. The molecule has 4 aromatic heterocycles. The number of piperazine rings is 2. The molecule has 101 heavy (non-hydrogen) atoms. The van der Waals surface area contributed by atoms with Crippen molar-refractivity contribution < 1.29 is 84.3 Å². The van der Waals surface area contributed by atoms with E-state index in [-0.39, 0.29) is 118 Å². The number of halogens is 2. The van der Waals surface area contributed by atoms with E-state index in [0.29, 0.717) is 107 Å². The molecule has 26 nitrogen and oxygen atoms in total. The Morgan fingerprint density at radius 3 is 1.62 bits per heavy atom. The molecule has 6 aromatic rings. The van der Waals surface area contributed by atoms with E-state index in [1.165, 1.54) is 32.7 Å². The number of aryl methyl sites for hydroxylation is 2. The molecule has 9 atom stereocenters. The van der Waals surface area contributed by atoms with E-state index in [9.17, 15) is 53.4 Å². The topological polar surface area (TPSA) is 316 Å². The summed E-state index contributed by atoms with van der Waals surface area (Å²) in [4.78, 5) is 132. The summed E-state index contributed by atoms with van der Waals surface area (Å²) >= 11 is 0. The van der Waals surface area contributed by atoms with Crippen LogP contribution in [0, 0.1) is 60.0 Å². The number of allylic oxidation sites excluding steroid dienone is 4. The van der Waals surface area contributed by atoms with Crippen molar-refractivity contribution in [2.45, 2.75) is 148 Å². The molecule has 5 saturated carbocycles. The second-order valence-corrected chi connectivity index (χ2v) is 29.2. The van der Waals surface area contributed by atoms with Crippen LogP contribution in [0.1, 0.15) is 141 Å². The molecule has 0 bridgehead atoms. The Balaban J connectivity index is 0.735. The lowest BCUT2D eigenvalue weighted by Gasteiger charge is -2.59. The number of aromatic nitrogens is 2. The molecule has 2 saturated heterocycles. The zero-order valence-corrected chi connectivity index (χ0v) is 57.6. The fraction of sp³-hybridized carbons (Fsp3) is 0.548. The van der Waals surface area contributed by atoms with E-state index in [1.807, 2.05) is 26.8 Å². The first-order valence-corrected chi connectivity index (χ1v) is 34.6. The number of carbonyl (C=O) groups is 5. The number of pyridine rings is 2. The summed E-state index contributed by atoms with van der Waals surface area (Å²) in [6.07, 6.45) is 10.7. The average Bonchev–Trinajstić information content (AvgIpc) is 1.57. The molecule has 14 rings (SSSR count). The van der Waals surface area contributed by atoms with Crippen molar-refractivity contribution in [1.29, 1.82) is 0 Å². The molecule has 538 valence electrons. The number of carbonyl (C=O) groups excluding carboxylic acids is 5. The number of nitrogens with zero attached hydrogens (tertiary/aromatic N) is 6. The van der Waals surface area contributed by atoms with Crippen LogP contribution in [-0.4, -0.2) is 156 Å². The van der Waals surface area contributed by atoms with Gasteiger partial charge in [-0.05, 0) is 122 Å². The van der Waals surface area contributed by atoms with Crippen molar-refractivity contribution in [2.24, 2.45) is 34.5 Å². The Morgan fingerprint density at radius 2 is 1.18 bits per heavy atom. The number of hydrogen-bond donors (Lipinski definition) is 2. The predicted molar refractivity (Wildman–Crippen MR) is 357 cm³/mol. The Labute approximate surface area is 576 Å². The Bertz CT molecular complexity index is 4500. The first-order valence-electron chi connectivity index (χ1n) is 34.6. The number of hydrogen-bond acceptors (Lipinski definition) is 24. The van der Waals surface area contributed by atoms with E-state index < -0.39 is 117 Å². The third-order valence-corrected chi connectivity index (χ3v) is 23.3. The van der Waals surface area contributed by atoms with Crippen molar-refractivity contribution in [1.82, 2.24) is 18.9 Å². The van der Waals surface area contributed by atoms with Gasteiger partial charge in [-0.15, -0.1) is 0 Å². The monoisotopic (exact) mass is 1400 g/mol. The largest absolute Gasteiger partial charge is 0.519 e. The van der Waals surface area contributed by atoms with Gasteiger partial charge < -0.3 is 70.5 Å². The summed E-state index contributed by atoms with van der Waals surface area (Å²) in [6.45, 7) is 10.6. The van der Waals surface area contributed by atoms with Crippen LogP contribution in [0.3, 0.4) is 0 Å². The van der Waals surface area contributed by atoms with Gasteiger partial charge in [-0.1, -0.05) is 25.5 Å². The molecule has 0 radical (unpaired) electrons. The van der Waals surface area contributed by atoms with Crippen LogP contribution in [0.2, 0.25) is 0 Å². The third kappa shape index (κ3) is 12.0. The standard InChI is InChI=1S/C73H82F2N6O20/c1-36-27-78(21-19-76(36)31-54-38(3)98-69(90)100-54)60-51(74)24-46-58(64(60)93-7)80(42-10-11-42)29-48(62(46)85)67(88)95-33-40(66(87)97-35-56(84)73(92)18-16-50-45-14-9-41-23-44(82)15-17-71(41,5)57(45)53(83)26-72(50,73)6)34-96-68(89)49-30-81(43-12-13-43)59-47(63(49)86)25-52(75)61(65(59)94-8)79-22-20-77(37(2)28-79)32-55-39(4)99-70(91)101-55/h15,17,23-25,29-30,36-37,40,42-43,45,50,53,57,83,92H,9-14,16,18-22,26-28,31-35H2,1-8H3/t36?,37?,40?,45-,50-,53-,57+,71-,72-,73-/m0/s1. The van der Waals surface area contributed by atoms with Gasteiger partial charge in [0.1, 0.15) is 58.8 Å². The number of fused-ring (bicyclic) bond motifs is 7. The fourth-order valence-electron chi connectivity index (χ4n) is 17.6. The third-order valence-electron chi connectivity index (χ3n) is 23.3. The molecule has 2 aliphatic heterocycles. The van der Waals surface area contributed by atoms with Crippen LogP contribution < -0.4 is 41.8 Å². The van der Waals surface area contributed by atoms with Gasteiger partial charge in [0.2, 0.25) is 16.6 Å². The van der Waals surface area contributed by atoms with Crippen LogP contribution in [-0.2, 0) is 41.7 Å². The van der Waals surface area contributed by atoms with Crippen LogP contribution in [0.15, 0.2) is 85.2 Å². The molecule has 0 amide bonds. The molecule has 0 spiro atoms. The second kappa shape index (κ2) is 26.1. The number of methoxy groups -OCH3 is 2. The van der Waals surface area contributed by atoms with Gasteiger partial charge >= 0.3 is 29.6 Å². The zero-order chi connectivity index (χ0) is 71.6. The van der Waals surface area contributed by atoms with Gasteiger partial charge in [0.05, 0.1) is 55.2 Å². The van der Waals surface area contributed by atoms with Crippen LogP contribution >= 0.6 is 0 Å². The van der Waals surface area contributed by atoms with Crippen molar-refractivity contribution >= 4 is 62.7 Å². The molecule has 7 fully saturated rings. The smallest absolute Gasteiger partial charge is 0.492 e. The summed E-state index contributed by atoms with van der Waals surface area (Å²) < 4.78 is 86.9.